The average molecular weight is 406 g/mol. The topological polar surface area (TPSA) is 111 Å². The second-order valence-electron chi connectivity index (χ2n) is 6.20. The van der Waals surface area contributed by atoms with E-state index in [0.717, 1.165) is 24.8 Å². The molecular weight excluding hydrogens is 378 g/mol. The number of amides is 1. The number of anilines is 1. The van der Waals surface area contributed by atoms with Crippen molar-refractivity contribution in [2.45, 2.75) is 38.2 Å². The van der Waals surface area contributed by atoms with Crippen LogP contribution in [0.4, 0.5) is 5.69 Å². The second-order valence-corrected chi connectivity index (χ2v) is 8.13. The standard InChI is InChI=1S/C17H27N3O4S.ClH/c18-16-7-2-1-5-14(16)8-9-17(21)19-10-12-25(22,23)20-13-15-6-3-4-11-24-15;/h1-2,5,7,15,20H,3-4,6,8-13,18H2,(H,19,21);1H. The average Bonchev–Trinajstić information content (AvgIpc) is 2.60. The summed E-state index contributed by atoms with van der Waals surface area (Å²) in [7, 11) is -3.42. The SMILES string of the molecule is Cl.Nc1ccccc1CCC(=O)NCCS(=O)(=O)NCC1CCCCO1. The highest BCUT2D eigenvalue weighted by atomic mass is 35.5. The summed E-state index contributed by atoms with van der Waals surface area (Å²) in [5, 5.41) is 2.64. The minimum atomic E-state index is -3.42. The third kappa shape index (κ3) is 8.35. The molecule has 9 heteroatoms. The van der Waals surface area contributed by atoms with Crippen molar-refractivity contribution < 1.29 is 17.9 Å². The molecule has 148 valence electrons. The minimum absolute atomic E-state index is 0. The Morgan fingerprint density at radius 1 is 1.27 bits per heavy atom. The number of benzene rings is 1. The molecule has 1 aromatic carbocycles. The van der Waals surface area contributed by atoms with Crippen molar-refractivity contribution in [3.8, 4) is 0 Å². The van der Waals surface area contributed by atoms with Crippen LogP contribution in [0.3, 0.4) is 0 Å². The van der Waals surface area contributed by atoms with E-state index in [1.807, 2.05) is 18.2 Å². The van der Waals surface area contributed by atoms with Crippen LogP contribution in [0.5, 0.6) is 0 Å². The summed E-state index contributed by atoms with van der Waals surface area (Å²) in [6.07, 6.45) is 3.73. The number of sulfonamides is 1. The Kier molecular flexibility index (Phi) is 9.93. The molecule has 1 unspecified atom stereocenters. The number of ether oxygens (including phenoxy) is 1. The molecule has 1 atom stereocenters. The zero-order valence-corrected chi connectivity index (χ0v) is 16.4. The fourth-order valence-electron chi connectivity index (χ4n) is 2.68. The number of aryl methyl sites for hydroxylation is 1. The Hall–Kier alpha value is -1.35. The smallest absolute Gasteiger partial charge is 0.220 e. The monoisotopic (exact) mass is 405 g/mol. The maximum absolute atomic E-state index is 11.9. The van der Waals surface area contributed by atoms with Gasteiger partial charge in [0.1, 0.15) is 0 Å². The van der Waals surface area contributed by atoms with Gasteiger partial charge in [0.15, 0.2) is 0 Å². The molecule has 1 amide bonds. The number of hydrogen-bond acceptors (Lipinski definition) is 5. The highest BCUT2D eigenvalue weighted by molar-refractivity contribution is 7.89. The molecule has 1 fully saturated rings. The normalized spacial score (nSPS) is 17.3. The van der Waals surface area contributed by atoms with E-state index in [4.69, 9.17) is 10.5 Å². The number of nitrogen functional groups attached to an aromatic ring is 1. The van der Waals surface area contributed by atoms with Crippen molar-refractivity contribution in [2.75, 3.05) is 31.2 Å². The molecule has 2 rings (SSSR count). The lowest BCUT2D eigenvalue weighted by Crippen LogP contribution is -2.39. The molecule has 1 saturated heterocycles. The number of carbonyl (C=O) groups is 1. The van der Waals surface area contributed by atoms with E-state index < -0.39 is 10.0 Å². The number of rotatable bonds is 9. The highest BCUT2D eigenvalue weighted by Crippen LogP contribution is 2.13. The third-order valence-corrected chi connectivity index (χ3v) is 5.52. The first-order valence-corrected chi connectivity index (χ1v) is 10.3. The minimum Gasteiger partial charge on any atom is -0.399 e. The quantitative estimate of drug-likeness (QED) is 0.535. The van der Waals surface area contributed by atoms with Crippen LogP contribution >= 0.6 is 12.4 Å². The molecule has 26 heavy (non-hydrogen) atoms. The fourth-order valence-corrected chi connectivity index (χ4v) is 3.64. The Labute approximate surface area is 161 Å². The predicted molar refractivity (Wildman–Crippen MR) is 105 cm³/mol. The molecule has 1 aliphatic rings. The summed E-state index contributed by atoms with van der Waals surface area (Å²) >= 11 is 0. The molecule has 0 spiro atoms. The van der Waals surface area contributed by atoms with Crippen LogP contribution < -0.4 is 15.8 Å². The van der Waals surface area contributed by atoms with Gasteiger partial charge in [0.05, 0.1) is 11.9 Å². The van der Waals surface area contributed by atoms with Gasteiger partial charge in [0, 0.05) is 31.8 Å². The van der Waals surface area contributed by atoms with Crippen molar-refractivity contribution in [3.63, 3.8) is 0 Å². The van der Waals surface area contributed by atoms with E-state index in [1.165, 1.54) is 0 Å². The molecule has 0 saturated carbocycles. The number of halogens is 1. The van der Waals surface area contributed by atoms with Gasteiger partial charge in [-0.3, -0.25) is 4.79 Å². The Morgan fingerprint density at radius 3 is 2.73 bits per heavy atom. The summed E-state index contributed by atoms with van der Waals surface area (Å²) < 4.78 is 31.9. The summed E-state index contributed by atoms with van der Waals surface area (Å²) in [6.45, 7) is 1.07. The van der Waals surface area contributed by atoms with Crippen LogP contribution in [0.25, 0.3) is 0 Å². The summed E-state index contributed by atoms with van der Waals surface area (Å²) in [4.78, 5) is 11.8. The first-order chi connectivity index (χ1) is 12.0. The van der Waals surface area contributed by atoms with Crippen LogP contribution in [0.1, 0.15) is 31.2 Å². The molecule has 1 heterocycles. The number of carbonyl (C=O) groups excluding carboxylic acids is 1. The maximum atomic E-state index is 11.9. The molecule has 0 radical (unpaired) electrons. The fraction of sp³-hybridized carbons (Fsp3) is 0.588. The van der Waals surface area contributed by atoms with Crippen molar-refractivity contribution in [1.82, 2.24) is 10.0 Å². The molecule has 7 nitrogen and oxygen atoms in total. The predicted octanol–water partition coefficient (Wildman–Crippen LogP) is 1.23. The zero-order valence-electron chi connectivity index (χ0n) is 14.8. The van der Waals surface area contributed by atoms with Crippen LogP contribution in [0.15, 0.2) is 24.3 Å². The van der Waals surface area contributed by atoms with Gasteiger partial charge in [-0.2, -0.15) is 0 Å². The van der Waals surface area contributed by atoms with Crippen molar-refractivity contribution in [1.29, 1.82) is 0 Å². The van der Waals surface area contributed by atoms with E-state index in [1.54, 1.807) is 6.07 Å². The van der Waals surface area contributed by atoms with E-state index in [-0.39, 0.29) is 43.1 Å². The largest absolute Gasteiger partial charge is 0.399 e. The van der Waals surface area contributed by atoms with Crippen molar-refractivity contribution >= 4 is 34.0 Å². The molecule has 0 aromatic heterocycles. The lowest BCUT2D eigenvalue weighted by atomic mass is 10.1. The number of para-hydroxylation sites is 1. The zero-order chi connectivity index (χ0) is 18.1. The van der Waals surface area contributed by atoms with E-state index in [9.17, 15) is 13.2 Å². The van der Waals surface area contributed by atoms with E-state index >= 15 is 0 Å². The summed E-state index contributed by atoms with van der Waals surface area (Å²) in [5.74, 6) is -0.326. The van der Waals surface area contributed by atoms with Crippen LogP contribution in [-0.4, -0.2) is 45.9 Å². The molecule has 1 aliphatic heterocycles. The van der Waals surface area contributed by atoms with Gasteiger partial charge in [-0.1, -0.05) is 18.2 Å². The number of nitrogens with two attached hydrogens (primary N) is 1. The molecule has 0 bridgehead atoms. The molecule has 4 N–H and O–H groups in total. The van der Waals surface area contributed by atoms with Gasteiger partial charge in [0.2, 0.25) is 15.9 Å². The summed E-state index contributed by atoms with van der Waals surface area (Å²) in [5.41, 5.74) is 7.40. The van der Waals surface area contributed by atoms with Crippen molar-refractivity contribution in [2.24, 2.45) is 0 Å². The highest BCUT2D eigenvalue weighted by Gasteiger charge is 2.17. The third-order valence-electron chi connectivity index (χ3n) is 4.17. The van der Waals surface area contributed by atoms with Gasteiger partial charge in [0.25, 0.3) is 0 Å². The van der Waals surface area contributed by atoms with Gasteiger partial charge in [-0.15, -0.1) is 12.4 Å². The molecule has 0 aliphatic carbocycles. The molecule has 1 aromatic rings. The van der Waals surface area contributed by atoms with Gasteiger partial charge >= 0.3 is 0 Å². The van der Waals surface area contributed by atoms with Crippen LogP contribution in [0.2, 0.25) is 0 Å². The Morgan fingerprint density at radius 2 is 2.04 bits per heavy atom. The van der Waals surface area contributed by atoms with E-state index in [0.29, 0.717) is 25.3 Å². The Balaban J connectivity index is 0.00000338. The van der Waals surface area contributed by atoms with Gasteiger partial charge < -0.3 is 15.8 Å². The lowest BCUT2D eigenvalue weighted by Gasteiger charge is -2.22. The Bertz CT molecular complexity index is 664. The van der Waals surface area contributed by atoms with E-state index in [2.05, 4.69) is 10.0 Å². The second kappa shape index (κ2) is 11.4. The van der Waals surface area contributed by atoms with Gasteiger partial charge in [-0.05, 0) is 37.3 Å². The first-order valence-electron chi connectivity index (χ1n) is 8.65. The molecular formula is C17H28ClN3O4S. The van der Waals surface area contributed by atoms with Crippen molar-refractivity contribution in [3.05, 3.63) is 29.8 Å². The lowest BCUT2D eigenvalue weighted by molar-refractivity contribution is -0.120. The maximum Gasteiger partial charge on any atom is 0.220 e. The first kappa shape index (κ1) is 22.7. The number of nitrogens with one attached hydrogen (secondary N) is 2. The summed E-state index contributed by atoms with van der Waals surface area (Å²) in [6, 6.07) is 7.39. The van der Waals surface area contributed by atoms with Crippen LogP contribution in [-0.2, 0) is 26.0 Å². The van der Waals surface area contributed by atoms with Crippen LogP contribution in [0, 0.1) is 0 Å². The van der Waals surface area contributed by atoms with Gasteiger partial charge in [-0.25, -0.2) is 13.1 Å². The number of hydrogen-bond donors (Lipinski definition) is 3.